The fraction of sp³-hybridized carbons (Fsp3) is 0.500. The van der Waals surface area contributed by atoms with E-state index in [9.17, 15) is 4.79 Å². The molecule has 1 heterocycles. The van der Waals surface area contributed by atoms with Gasteiger partial charge >= 0.3 is 0 Å². The molecule has 0 aromatic heterocycles. The highest BCUT2D eigenvalue weighted by atomic mass is 35.5. The van der Waals surface area contributed by atoms with Gasteiger partial charge in [-0.3, -0.25) is 4.79 Å². The van der Waals surface area contributed by atoms with Gasteiger partial charge in [-0.2, -0.15) is 11.8 Å². The topological polar surface area (TPSA) is 41.1 Å². The lowest BCUT2D eigenvalue weighted by atomic mass is 10.1. The maximum atomic E-state index is 11.9. The number of amides is 1. The van der Waals surface area contributed by atoms with Gasteiger partial charge in [-0.05, 0) is 37.7 Å². The number of hydrogen-bond donors (Lipinski definition) is 2. The van der Waals surface area contributed by atoms with Crippen LogP contribution < -0.4 is 10.6 Å². The van der Waals surface area contributed by atoms with Crippen LogP contribution in [0.25, 0.3) is 0 Å². The Bertz CT molecular complexity index is 470. The number of halogens is 2. The Balaban J connectivity index is 1.81. The molecular weight excluding hydrogens is 315 g/mol. The van der Waals surface area contributed by atoms with Crippen LogP contribution in [0, 0.1) is 0 Å². The SMILES string of the molecule is CC1(CNCC(=O)Nc2c(Cl)cccc2Cl)CCCS1. The predicted octanol–water partition coefficient (Wildman–Crippen LogP) is 3.81. The lowest BCUT2D eigenvalue weighted by Gasteiger charge is -2.22. The van der Waals surface area contributed by atoms with Crippen molar-refractivity contribution in [2.45, 2.75) is 24.5 Å². The molecule has 1 aliphatic rings. The summed E-state index contributed by atoms with van der Waals surface area (Å²) in [5, 5.41) is 6.85. The Kier molecular flexibility index (Phi) is 5.61. The molecule has 2 N–H and O–H groups in total. The van der Waals surface area contributed by atoms with E-state index in [0.717, 1.165) is 6.54 Å². The summed E-state index contributed by atoms with van der Waals surface area (Å²) in [7, 11) is 0. The Morgan fingerprint density at radius 2 is 2.10 bits per heavy atom. The van der Waals surface area contributed by atoms with Crippen LogP contribution in [0.5, 0.6) is 0 Å². The Morgan fingerprint density at radius 1 is 1.40 bits per heavy atom. The number of thioether (sulfide) groups is 1. The fourth-order valence-corrected chi connectivity index (χ4v) is 3.98. The van der Waals surface area contributed by atoms with E-state index in [1.807, 2.05) is 11.8 Å². The second kappa shape index (κ2) is 7.03. The summed E-state index contributed by atoms with van der Waals surface area (Å²) in [6.45, 7) is 3.33. The summed E-state index contributed by atoms with van der Waals surface area (Å²) >= 11 is 14.0. The molecule has 0 spiro atoms. The maximum Gasteiger partial charge on any atom is 0.238 e. The van der Waals surface area contributed by atoms with E-state index >= 15 is 0 Å². The standard InChI is InChI=1S/C14H18Cl2N2OS/c1-14(6-3-7-20-14)9-17-8-12(19)18-13-10(15)4-2-5-11(13)16/h2,4-5,17H,3,6-9H2,1H3,(H,18,19). The lowest BCUT2D eigenvalue weighted by Crippen LogP contribution is -2.37. The maximum absolute atomic E-state index is 11.9. The van der Waals surface area contributed by atoms with Crippen LogP contribution in [-0.2, 0) is 4.79 Å². The third-order valence-electron chi connectivity index (χ3n) is 3.31. The number of carbonyl (C=O) groups excluding carboxylic acids is 1. The zero-order valence-electron chi connectivity index (χ0n) is 11.3. The van der Waals surface area contributed by atoms with E-state index in [-0.39, 0.29) is 17.2 Å². The Hall–Kier alpha value is -0.420. The monoisotopic (exact) mass is 332 g/mol. The molecule has 1 fully saturated rings. The molecule has 1 saturated heterocycles. The molecule has 0 saturated carbocycles. The minimum atomic E-state index is -0.133. The molecule has 6 heteroatoms. The summed E-state index contributed by atoms with van der Waals surface area (Å²) < 4.78 is 0.252. The van der Waals surface area contributed by atoms with Gasteiger partial charge < -0.3 is 10.6 Å². The van der Waals surface area contributed by atoms with Gasteiger partial charge in [0.25, 0.3) is 0 Å². The normalized spacial score (nSPS) is 21.9. The average molecular weight is 333 g/mol. The number of anilines is 1. The first-order chi connectivity index (χ1) is 9.50. The van der Waals surface area contributed by atoms with E-state index < -0.39 is 0 Å². The predicted molar refractivity (Wildman–Crippen MR) is 88.1 cm³/mol. The minimum Gasteiger partial charge on any atom is -0.322 e. The van der Waals surface area contributed by atoms with E-state index in [1.54, 1.807) is 18.2 Å². The van der Waals surface area contributed by atoms with Crippen molar-refractivity contribution in [3.8, 4) is 0 Å². The summed E-state index contributed by atoms with van der Waals surface area (Å²) in [6, 6.07) is 5.15. The number of para-hydroxylation sites is 1. The Morgan fingerprint density at radius 3 is 2.70 bits per heavy atom. The van der Waals surface area contributed by atoms with Crippen LogP contribution in [0.4, 0.5) is 5.69 Å². The average Bonchev–Trinajstić information content (AvgIpc) is 2.81. The number of carbonyl (C=O) groups is 1. The number of hydrogen-bond acceptors (Lipinski definition) is 3. The van der Waals surface area contributed by atoms with Crippen molar-refractivity contribution in [2.24, 2.45) is 0 Å². The summed E-state index contributed by atoms with van der Waals surface area (Å²) in [6.07, 6.45) is 2.45. The summed E-state index contributed by atoms with van der Waals surface area (Å²) in [5.41, 5.74) is 0.476. The minimum absolute atomic E-state index is 0.133. The molecule has 1 unspecified atom stereocenters. The highest BCUT2D eigenvalue weighted by Crippen LogP contribution is 2.36. The molecule has 20 heavy (non-hydrogen) atoms. The molecule has 3 nitrogen and oxygen atoms in total. The van der Waals surface area contributed by atoms with E-state index in [0.29, 0.717) is 15.7 Å². The Labute approximate surface area is 133 Å². The van der Waals surface area contributed by atoms with Crippen LogP contribution in [0.1, 0.15) is 19.8 Å². The van der Waals surface area contributed by atoms with E-state index in [1.165, 1.54) is 18.6 Å². The summed E-state index contributed by atoms with van der Waals surface area (Å²) in [4.78, 5) is 11.9. The van der Waals surface area contributed by atoms with Gasteiger partial charge in [0.05, 0.1) is 22.3 Å². The smallest absolute Gasteiger partial charge is 0.238 e. The molecule has 1 aromatic rings. The second-order valence-corrected chi connectivity index (χ2v) is 7.65. The van der Waals surface area contributed by atoms with Gasteiger partial charge in [0.1, 0.15) is 0 Å². The zero-order chi connectivity index (χ0) is 14.6. The van der Waals surface area contributed by atoms with Crippen molar-refractivity contribution >= 4 is 46.6 Å². The summed E-state index contributed by atoms with van der Waals surface area (Å²) in [5.74, 6) is 1.08. The number of rotatable bonds is 5. The first kappa shape index (κ1) is 16.0. The van der Waals surface area contributed by atoms with Crippen molar-refractivity contribution in [1.29, 1.82) is 0 Å². The molecule has 0 aliphatic carbocycles. The van der Waals surface area contributed by atoms with Gasteiger partial charge in [0.15, 0.2) is 0 Å². The highest BCUT2D eigenvalue weighted by Gasteiger charge is 2.28. The van der Waals surface area contributed by atoms with Crippen LogP contribution in [-0.4, -0.2) is 29.5 Å². The molecule has 1 atom stereocenters. The van der Waals surface area contributed by atoms with E-state index in [2.05, 4.69) is 17.6 Å². The van der Waals surface area contributed by atoms with Gasteiger partial charge in [-0.1, -0.05) is 29.3 Å². The zero-order valence-corrected chi connectivity index (χ0v) is 13.7. The van der Waals surface area contributed by atoms with Crippen molar-refractivity contribution in [2.75, 3.05) is 24.2 Å². The van der Waals surface area contributed by atoms with Crippen LogP contribution in [0.15, 0.2) is 18.2 Å². The van der Waals surface area contributed by atoms with Gasteiger partial charge in [-0.25, -0.2) is 0 Å². The second-order valence-electron chi connectivity index (χ2n) is 5.15. The molecule has 110 valence electrons. The quantitative estimate of drug-likeness (QED) is 0.861. The van der Waals surface area contributed by atoms with Crippen molar-refractivity contribution < 1.29 is 4.79 Å². The first-order valence-electron chi connectivity index (χ1n) is 6.59. The fourth-order valence-electron chi connectivity index (χ4n) is 2.22. The third-order valence-corrected chi connectivity index (χ3v) is 5.48. The number of benzene rings is 1. The van der Waals surface area contributed by atoms with Gasteiger partial charge in [-0.15, -0.1) is 0 Å². The molecule has 1 aromatic carbocycles. The van der Waals surface area contributed by atoms with Gasteiger partial charge in [0, 0.05) is 11.3 Å². The van der Waals surface area contributed by atoms with Crippen LogP contribution in [0.2, 0.25) is 10.0 Å². The number of nitrogens with one attached hydrogen (secondary N) is 2. The van der Waals surface area contributed by atoms with Crippen molar-refractivity contribution in [3.05, 3.63) is 28.2 Å². The molecule has 0 radical (unpaired) electrons. The van der Waals surface area contributed by atoms with E-state index in [4.69, 9.17) is 23.2 Å². The third kappa shape index (κ3) is 4.29. The largest absolute Gasteiger partial charge is 0.322 e. The van der Waals surface area contributed by atoms with Crippen molar-refractivity contribution in [3.63, 3.8) is 0 Å². The molecule has 1 amide bonds. The van der Waals surface area contributed by atoms with Crippen molar-refractivity contribution in [1.82, 2.24) is 5.32 Å². The molecular formula is C14H18Cl2N2OS. The van der Waals surface area contributed by atoms with Gasteiger partial charge in [0.2, 0.25) is 5.91 Å². The first-order valence-corrected chi connectivity index (χ1v) is 8.33. The molecule has 2 rings (SSSR count). The van der Waals surface area contributed by atoms with Crippen LogP contribution in [0.3, 0.4) is 0 Å². The highest BCUT2D eigenvalue weighted by molar-refractivity contribution is 8.00. The lowest BCUT2D eigenvalue weighted by molar-refractivity contribution is -0.115. The molecule has 1 aliphatic heterocycles. The molecule has 0 bridgehead atoms. The van der Waals surface area contributed by atoms with Crippen LogP contribution >= 0.6 is 35.0 Å².